The lowest BCUT2D eigenvalue weighted by Gasteiger charge is -2.31. The fourth-order valence-corrected chi connectivity index (χ4v) is 2.15. The Hall–Kier alpha value is -1.43. The Morgan fingerprint density at radius 1 is 1.32 bits per heavy atom. The number of rotatable bonds is 5. The molecule has 0 spiro atoms. The zero-order valence-electron chi connectivity index (χ0n) is 11.9. The van der Waals surface area contributed by atoms with Crippen LogP contribution in [0.3, 0.4) is 0 Å². The standard InChI is InChI=1S/C13H22N4O2/c1-10(2)8-11(18)9-12-14-13(15-19-12)17-6-4-16(3)5-7-17/h10H,4-9H2,1-3H3. The maximum atomic E-state index is 11.7. The number of hydrogen-bond acceptors (Lipinski definition) is 6. The molecular formula is C13H22N4O2. The third kappa shape index (κ3) is 4.02. The van der Waals surface area contributed by atoms with Crippen LogP contribution in [0.4, 0.5) is 5.95 Å². The van der Waals surface area contributed by atoms with Crippen molar-refractivity contribution in [2.45, 2.75) is 26.7 Å². The fraction of sp³-hybridized carbons (Fsp3) is 0.769. The number of aromatic nitrogens is 2. The molecule has 2 heterocycles. The second-order valence-corrected chi connectivity index (χ2v) is 5.59. The summed E-state index contributed by atoms with van der Waals surface area (Å²) in [7, 11) is 2.10. The van der Waals surface area contributed by atoms with Gasteiger partial charge < -0.3 is 14.3 Å². The minimum atomic E-state index is 0.156. The molecule has 0 saturated carbocycles. The van der Waals surface area contributed by atoms with Gasteiger partial charge in [-0.2, -0.15) is 4.98 Å². The summed E-state index contributed by atoms with van der Waals surface area (Å²) in [5, 5.41) is 3.97. The Labute approximate surface area is 113 Å². The van der Waals surface area contributed by atoms with Gasteiger partial charge in [0.25, 0.3) is 5.95 Å². The molecular weight excluding hydrogens is 244 g/mol. The van der Waals surface area contributed by atoms with E-state index in [-0.39, 0.29) is 12.2 Å². The molecule has 6 nitrogen and oxygen atoms in total. The topological polar surface area (TPSA) is 62.5 Å². The number of hydrogen-bond donors (Lipinski definition) is 0. The van der Waals surface area contributed by atoms with Crippen LogP contribution in [0.25, 0.3) is 0 Å². The van der Waals surface area contributed by atoms with E-state index in [1.165, 1.54) is 0 Å². The van der Waals surface area contributed by atoms with Gasteiger partial charge in [-0.05, 0) is 18.1 Å². The van der Waals surface area contributed by atoms with Crippen molar-refractivity contribution in [2.75, 3.05) is 38.1 Å². The summed E-state index contributed by atoms with van der Waals surface area (Å²) < 4.78 is 5.16. The van der Waals surface area contributed by atoms with E-state index >= 15 is 0 Å². The first-order valence-corrected chi connectivity index (χ1v) is 6.82. The Balaban J connectivity index is 1.90. The van der Waals surface area contributed by atoms with Gasteiger partial charge in [0, 0.05) is 32.6 Å². The highest BCUT2D eigenvalue weighted by atomic mass is 16.5. The molecule has 6 heteroatoms. The van der Waals surface area contributed by atoms with Crippen molar-refractivity contribution in [3.05, 3.63) is 5.89 Å². The van der Waals surface area contributed by atoms with Gasteiger partial charge in [0.15, 0.2) is 0 Å². The van der Waals surface area contributed by atoms with E-state index < -0.39 is 0 Å². The molecule has 0 unspecified atom stereocenters. The highest BCUT2D eigenvalue weighted by molar-refractivity contribution is 5.80. The average Bonchev–Trinajstić information content (AvgIpc) is 2.77. The van der Waals surface area contributed by atoms with Gasteiger partial charge in [0.2, 0.25) is 5.89 Å². The number of carbonyl (C=O) groups excluding carboxylic acids is 1. The maximum absolute atomic E-state index is 11.7. The third-order valence-electron chi connectivity index (χ3n) is 3.23. The van der Waals surface area contributed by atoms with Crippen LogP contribution in [0.15, 0.2) is 4.52 Å². The van der Waals surface area contributed by atoms with E-state index in [0.29, 0.717) is 24.2 Å². The lowest BCUT2D eigenvalue weighted by Crippen LogP contribution is -2.44. The zero-order chi connectivity index (χ0) is 13.8. The van der Waals surface area contributed by atoms with Crippen LogP contribution in [-0.4, -0.2) is 54.1 Å². The van der Waals surface area contributed by atoms with E-state index in [1.807, 2.05) is 13.8 Å². The van der Waals surface area contributed by atoms with Crippen molar-refractivity contribution in [3.63, 3.8) is 0 Å². The van der Waals surface area contributed by atoms with E-state index in [1.54, 1.807) is 0 Å². The van der Waals surface area contributed by atoms with Crippen molar-refractivity contribution in [1.82, 2.24) is 15.0 Å². The Morgan fingerprint density at radius 2 is 2.00 bits per heavy atom. The molecule has 1 aliphatic rings. The van der Waals surface area contributed by atoms with Crippen molar-refractivity contribution in [3.8, 4) is 0 Å². The summed E-state index contributed by atoms with van der Waals surface area (Å²) in [5.41, 5.74) is 0. The molecule has 1 aliphatic heterocycles. The van der Waals surface area contributed by atoms with Crippen LogP contribution in [-0.2, 0) is 11.2 Å². The van der Waals surface area contributed by atoms with Gasteiger partial charge in [0.1, 0.15) is 5.78 Å². The number of likely N-dealkylation sites (N-methyl/N-ethyl adjacent to an activating group) is 1. The predicted octanol–water partition coefficient (Wildman–Crippen LogP) is 0.979. The number of Topliss-reactive ketones (excluding diaryl/α,β-unsaturated/α-hetero) is 1. The molecule has 1 saturated heterocycles. The second-order valence-electron chi connectivity index (χ2n) is 5.59. The number of nitrogens with zero attached hydrogens (tertiary/aromatic N) is 4. The van der Waals surface area contributed by atoms with Crippen LogP contribution in [0.5, 0.6) is 0 Å². The van der Waals surface area contributed by atoms with Gasteiger partial charge in [-0.1, -0.05) is 13.8 Å². The van der Waals surface area contributed by atoms with Crippen LogP contribution in [0.1, 0.15) is 26.2 Å². The third-order valence-corrected chi connectivity index (χ3v) is 3.23. The Bertz CT molecular complexity index is 422. The summed E-state index contributed by atoms with van der Waals surface area (Å²) in [4.78, 5) is 20.4. The first-order valence-electron chi connectivity index (χ1n) is 6.82. The van der Waals surface area contributed by atoms with Crippen molar-refractivity contribution < 1.29 is 9.32 Å². The van der Waals surface area contributed by atoms with Gasteiger partial charge >= 0.3 is 0 Å². The second kappa shape index (κ2) is 6.14. The summed E-state index contributed by atoms with van der Waals surface area (Å²) in [6.45, 7) is 7.85. The molecule has 0 aromatic carbocycles. The summed E-state index contributed by atoms with van der Waals surface area (Å²) in [6.07, 6.45) is 0.811. The first kappa shape index (κ1) is 14.0. The van der Waals surface area contributed by atoms with Crippen molar-refractivity contribution in [2.24, 2.45) is 5.92 Å². The highest BCUT2D eigenvalue weighted by Gasteiger charge is 2.20. The van der Waals surface area contributed by atoms with Crippen molar-refractivity contribution in [1.29, 1.82) is 0 Å². The molecule has 2 rings (SSSR count). The largest absolute Gasteiger partial charge is 0.337 e. The van der Waals surface area contributed by atoms with Gasteiger partial charge in [-0.15, -0.1) is 0 Å². The molecule has 1 fully saturated rings. The molecule has 1 aromatic heterocycles. The van der Waals surface area contributed by atoms with E-state index in [2.05, 4.69) is 27.0 Å². The lowest BCUT2D eigenvalue weighted by atomic mass is 10.1. The Kier molecular flexibility index (Phi) is 4.52. The zero-order valence-corrected chi connectivity index (χ0v) is 11.9. The molecule has 1 aromatic rings. The Morgan fingerprint density at radius 3 is 2.63 bits per heavy atom. The average molecular weight is 266 g/mol. The first-order chi connectivity index (χ1) is 9.04. The van der Waals surface area contributed by atoms with Crippen LogP contribution < -0.4 is 4.90 Å². The molecule has 0 bridgehead atoms. The summed E-state index contributed by atoms with van der Waals surface area (Å²) >= 11 is 0. The molecule has 19 heavy (non-hydrogen) atoms. The monoisotopic (exact) mass is 266 g/mol. The number of ketones is 1. The SMILES string of the molecule is CC(C)CC(=O)Cc1nc(N2CCN(C)CC2)no1. The summed E-state index contributed by atoms with van der Waals surface area (Å²) in [5.74, 6) is 1.57. The van der Waals surface area contributed by atoms with E-state index in [9.17, 15) is 4.79 Å². The lowest BCUT2D eigenvalue weighted by molar-refractivity contribution is -0.119. The van der Waals surface area contributed by atoms with E-state index in [0.717, 1.165) is 26.2 Å². The molecule has 0 radical (unpaired) electrons. The number of piperazine rings is 1. The van der Waals surface area contributed by atoms with Gasteiger partial charge in [-0.25, -0.2) is 0 Å². The van der Waals surface area contributed by atoms with Crippen LogP contribution >= 0.6 is 0 Å². The minimum Gasteiger partial charge on any atom is -0.337 e. The van der Waals surface area contributed by atoms with Crippen molar-refractivity contribution >= 4 is 11.7 Å². The highest BCUT2D eigenvalue weighted by Crippen LogP contribution is 2.13. The molecule has 0 amide bonds. The number of anilines is 1. The maximum Gasteiger partial charge on any atom is 0.266 e. The predicted molar refractivity (Wildman–Crippen MR) is 72.2 cm³/mol. The smallest absolute Gasteiger partial charge is 0.266 e. The number of carbonyl (C=O) groups is 1. The fourth-order valence-electron chi connectivity index (χ4n) is 2.15. The van der Waals surface area contributed by atoms with E-state index in [4.69, 9.17) is 4.52 Å². The van der Waals surface area contributed by atoms with Crippen LogP contribution in [0.2, 0.25) is 0 Å². The molecule has 0 atom stereocenters. The quantitative estimate of drug-likeness (QED) is 0.791. The molecule has 0 N–H and O–H groups in total. The van der Waals surface area contributed by atoms with Crippen LogP contribution in [0, 0.1) is 5.92 Å². The summed E-state index contributed by atoms with van der Waals surface area (Å²) in [6, 6.07) is 0. The normalized spacial score (nSPS) is 17.2. The molecule has 0 aliphatic carbocycles. The van der Waals surface area contributed by atoms with Gasteiger partial charge in [0.05, 0.1) is 6.42 Å². The molecule has 106 valence electrons. The van der Waals surface area contributed by atoms with Gasteiger partial charge in [-0.3, -0.25) is 4.79 Å². The minimum absolute atomic E-state index is 0.156.